The zero-order valence-corrected chi connectivity index (χ0v) is 19.1. The molecular weight excluding hydrogens is 459 g/mol. The molecule has 9 heteroatoms. The number of aliphatic carboxylic acids is 1. The lowest BCUT2D eigenvalue weighted by Crippen LogP contribution is -2.38. The molecule has 1 N–H and O–H groups in total. The topological polar surface area (TPSA) is 75.4 Å². The lowest BCUT2D eigenvalue weighted by molar-refractivity contribution is -0.143. The Hall–Kier alpha value is -3.36. The van der Waals surface area contributed by atoms with Crippen LogP contribution in [0.2, 0.25) is 0 Å². The molecular formula is C26H26F3N3O3. The molecule has 3 aromatic rings. The van der Waals surface area contributed by atoms with Crippen molar-refractivity contribution in [2.24, 2.45) is 11.8 Å². The molecule has 1 aliphatic carbocycles. The quantitative estimate of drug-likeness (QED) is 0.533. The van der Waals surface area contributed by atoms with E-state index < -0.39 is 23.4 Å². The molecule has 0 bridgehead atoms. The van der Waals surface area contributed by atoms with Crippen LogP contribution in [0, 0.1) is 29.3 Å². The Bertz CT molecular complexity index is 1300. The number of carbonyl (C=O) groups excluding carboxylic acids is 1. The maximum absolute atomic E-state index is 14.5. The molecule has 1 amide bonds. The molecule has 1 aromatic carbocycles. The summed E-state index contributed by atoms with van der Waals surface area (Å²) < 4.78 is 43.6. The Morgan fingerprint density at radius 1 is 1.06 bits per heavy atom. The molecule has 184 valence electrons. The van der Waals surface area contributed by atoms with Crippen LogP contribution in [0.25, 0.3) is 11.0 Å². The largest absolute Gasteiger partial charge is 0.481 e. The molecule has 1 aliphatic heterocycles. The van der Waals surface area contributed by atoms with Crippen LogP contribution in [0.15, 0.2) is 30.5 Å². The average Bonchev–Trinajstić information content (AvgIpc) is 3.17. The van der Waals surface area contributed by atoms with Gasteiger partial charge in [0.2, 0.25) is 5.91 Å². The summed E-state index contributed by atoms with van der Waals surface area (Å²) in [7, 11) is 0. The summed E-state index contributed by atoms with van der Waals surface area (Å²) in [6.45, 7) is 0.831. The van der Waals surface area contributed by atoms with Crippen LogP contribution >= 0.6 is 0 Å². The molecule has 35 heavy (non-hydrogen) atoms. The fraction of sp³-hybridized carbons (Fsp3) is 0.423. The third-order valence-corrected chi connectivity index (χ3v) is 7.47. The van der Waals surface area contributed by atoms with E-state index in [1.807, 2.05) is 12.1 Å². The number of rotatable bonds is 5. The summed E-state index contributed by atoms with van der Waals surface area (Å²) in [6.07, 6.45) is 5.25. The number of carbonyl (C=O) groups is 2. The van der Waals surface area contributed by atoms with E-state index in [9.17, 15) is 27.9 Å². The highest BCUT2D eigenvalue weighted by Gasteiger charge is 2.31. The van der Waals surface area contributed by atoms with E-state index in [0.29, 0.717) is 44.4 Å². The summed E-state index contributed by atoms with van der Waals surface area (Å²) in [5.41, 5.74) is 2.47. The average molecular weight is 486 g/mol. The van der Waals surface area contributed by atoms with Gasteiger partial charge in [0.1, 0.15) is 5.65 Å². The molecule has 2 aliphatic rings. The number of fused-ring (bicyclic) bond motifs is 3. The summed E-state index contributed by atoms with van der Waals surface area (Å²) in [6, 6.07) is 5.89. The normalized spacial score (nSPS) is 20.1. The molecule has 6 nitrogen and oxygen atoms in total. The van der Waals surface area contributed by atoms with Crippen LogP contribution in [0.4, 0.5) is 13.2 Å². The van der Waals surface area contributed by atoms with Gasteiger partial charge in [-0.2, -0.15) is 0 Å². The Kier molecular flexibility index (Phi) is 6.25. The third kappa shape index (κ3) is 4.39. The summed E-state index contributed by atoms with van der Waals surface area (Å²) in [5.74, 6) is -4.87. The van der Waals surface area contributed by atoms with E-state index in [0.717, 1.165) is 35.6 Å². The number of carboxylic acids is 1. The van der Waals surface area contributed by atoms with E-state index in [2.05, 4.69) is 4.98 Å². The zero-order chi connectivity index (χ0) is 24.7. The van der Waals surface area contributed by atoms with Gasteiger partial charge in [0.15, 0.2) is 17.5 Å². The fourth-order valence-corrected chi connectivity index (χ4v) is 5.49. The van der Waals surface area contributed by atoms with Gasteiger partial charge in [0.05, 0.1) is 19.0 Å². The molecule has 1 fully saturated rings. The number of carboxylic acid groups (broad SMARTS) is 1. The van der Waals surface area contributed by atoms with Crippen molar-refractivity contribution >= 4 is 22.9 Å². The first-order valence-electron chi connectivity index (χ1n) is 11.9. The van der Waals surface area contributed by atoms with Crippen molar-refractivity contribution in [1.29, 1.82) is 0 Å². The van der Waals surface area contributed by atoms with Crippen LogP contribution in [0.5, 0.6) is 0 Å². The highest BCUT2D eigenvalue weighted by Crippen LogP contribution is 2.34. The van der Waals surface area contributed by atoms with Crippen LogP contribution in [-0.4, -0.2) is 38.0 Å². The Morgan fingerprint density at radius 2 is 1.83 bits per heavy atom. The van der Waals surface area contributed by atoms with Gasteiger partial charge in [-0.1, -0.05) is 6.07 Å². The lowest BCUT2D eigenvalue weighted by Gasteiger charge is -2.31. The third-order valence-electron chi connectivity index (χ3n) is 7.47. The van der Waals surface area contributed by atoms with E-state index in [1.54, 1.807) is 15.7 Å². The summed E-state index contributed by atoms with van der Waals surface area (Å²) >= 11 is 0. The highest BCUT2D eigenvalue weighted by molar-refractivity contribution is 5.84. The van der Waals surface area contributed by atoms with Gasteiger partial charge in [-0.15, -0.1) is 0 Å². The van der Waals surface area contributed by atoms with Gasteiger partial charge < -0.3 is 14.6 Å². The van der Waals surface area contributed by atoms with Crippen molar-refractivity contribution in [2.75, 3.05) is 6.54 Å². The van der Waals surface area contributed by atoms with Gasteiger partial charge in [-0.05, 0) is 61.8 Å². The van der Waals surface area contributed by atoms with E-state index in [-0.39, 0.29) is 29.9 Å². The number of halogens is 3. The molecule has 0 radical (unpaired) electrons. The van der Waals surface area contributed by atoms with Crippen molar-refractivity contribution in [3.63, 3.8) is 0 Å². The summed E-state index contributed by atoms with van der Waals surface area (Å²) in [4.78, 5) is 30.6. The van der Waals surface area contributed by atoms with E-state index >= 15 is 0 Å². The first kappa shape index (κ1) is 23.4. The van der Waals surface area contributed by atoms with Gasteiger partial charge >= 0.3 is 5.97 Å². The minimum absolute atomic E-state index is 0.00731. The number of amides is 1. The first-order valence-corrected chi connectivity index (χ1v) is 11.9. The lowest BCUT2D eigenvalue weighted by atomic mass is 9.80. The highest BCUT2D eigenvalue weighted by atomic mass is 19.2. The Labute approximate surface area is 200 Å². The van der Waals surface area contributed by atoms with Gasteiger partial charge in [0, 0.05) is 35.8 Å². The van der Waals surface area contributed by atoms with Gasteiger partial charge in [-0.25, -0.2) is 18.2 Å². The second-order valence-corrected chi connectivity index (χ2v) is 9.55. The number of hydrogen-bond donors (Lipinski definition) is 1. The maximum Gasteiger partial charge on any atom is 0.306 e. The van der Waals surface area contributed by atoms with Crippen molar-refractivity contribution < 1.29 is 27.9 Å². The van der Waals surface area contributed by atoms with Crippen molar-refractivity contribution in [3.8, 4) is 0 Å². The minimum Gasteiger partial charge on any atom is -0.481 e. The molecule has 3 heterocycles. The first-order chi connectivity index (χ1) is 16.8. The minimum atomic E-state index is -1.50. The second-order valence-electron chi connectivity index (χ2n) is 9.55. The molecule has 1 saturated carbocycles. The van der Waals surface area contributed by atoms with Crippen molar-refractivity contribution in [1.82, 2.24) is 14.5 Å². The fourth-order valence-electron chi connectivity index (χ4n) is 5.49. The Morgan fingerprint density at radius 3 is 2.57 bits per heavy atom. The van der Waals surface area contributed by atoms with Crippen LogP contribution in [0.1, 0.15) is 48.9 Å². The number of hydrogen-bond acceptors (Lipinski definition) is 3. The zero-order valence-electron chi connectivity index (χ0n) is 19.1. The summed E-state index contributed by atoms with van der Waals surface area (Å²) in [5, 5.41) is 10.1. The molecule has 0 spiro atoms. The molecule has 0 saturated heterocycles. The number of nitrogens with zero attached hydrogens (tertiary/aromatic N) is 3. The van der Waals surface area contributed by atoms with Crippen LogP contribution in [-0.2, 0) is 29.1 Å². The van der Waals surface area contributed by atoms with Crippen molar-refractivity contribution in [2.45, 2.75) is 51.6 Å². The number of benzene rings is 1. The molecule has 0 unspecified atom stereocenters. The van der Waals surface area contributed by atoms with E-state index in [1.165, 1.54) is 6.07 Å². The Balaban J connectivity index is 1.39. The van der Waals surface area contributed by atoms with Crippen LogP contribution < -0.4 is 0 Å². The monoisotopic (exact) mass is 485 g/mol. The SMILES string of the molecule is O=C(C[C@H]1CC[C@H](C(=O)O)CC1)N1CCc2c(n(Cc3ccc(F)c(F)c3F)c3ncccc23)C1. The standard InChI is InChI=1S/C26H26F3N3O3/c27-20-8-7-17(23(28)24(20)29)13-32-21-14-31(11-9-18(21)19-2-1-10-30-25(19)32)22(33)12-15-3-5-16(6-4-15)26(34)35/h1-2,7-8,10,15-16H,3-6,9,11-14H2,(H,34,35)/t15-,16-. The number of pyridine rings is 1. The van der Waals surface area contributed by atoms with Crippen molar-refractivity contribution in [3.05, 3.63) is 64.7 Å². The number of aromatic nitrogens is 2. The predicted octanol–water partition coefficient (Wildman–Crippen LogP) is 4.67. The van der Waals surface area contributed by atoms with Gasteiger partial charge in [0.25, 0.3) is 0 Å². The smallest absolute Gasteiger partial charge is 0.306 e. The maximum atomic E-state index is 14.5. The molecule has 2 aromatic heterocycles. The molecule has 0 atom stereocenters. The predicted molar refractivity (Wildman–Crippen MR) is 122 cm³/mol. The molecule has 5 rings (SSSR count). The second kappa shape index (κ2) is 9.36. The van der Waals surface area contributed by atoms with Gasteiger partial charge in [-0.3, -0.25) is 9.59 Å². The van der Waals surface area contributed by atoms with Crippen LogP contribution in [0.3, 0.4) is 0 Å². The van der Waals surface area contributed by atoms with E-state index in [4.69, 9.17) is 0 Å².